The van der Waals surface area contributed by atoms with Crippen LogP contribution in [-0.2, 0) is 4.79 Å². The van der Waals surface area contributed by atoms with Crippen molar-refractivity contribution in [3.8, 4) is 0 Å². The Morgan fingerprint density at radius 1 is 1.43 bits per heavy atom. The maximum absolute atomic E-state index is 12.1. The van der Waals surface area contributed by atoms with E-state index in [-0.39, 0.29) is 11.2 Å². The van der Waals surface area contributed by atoms with Crippen LogP contribution in [0, 0.1) is 0 Å². The molecule has 3 rings (SSSR count). The SMILES string of the molecule is C[C@@H](Sc1nnc(C2CC2)o1)C(=O)Nc1ccccc1Cl. The van der Waals surface area contributed by atoms with Gasteiger partial charge in [0.2, 0.25) is 11.8 Å². The lowest BCUT2D eigenvalue weighted by Gasteiger charge is -2.10. The Bertz CT molecular complexity index is 657. The Balaban J connectivity index is 1.60. The Morgan fingerprint density at radius 2 is 2.19 bits per heavy atom. The van der Waals surface area contributed by atoms with Crippen molar-refractivity contribution in [2.45, 2.75) is 36.2 Å². The standard InChI is InChI=1S/C14H14ClN3O2S/c1-8(12(19)16-11-5-3-2-4-10(11)15)21-14-18-17-13(20-14)9-6-7-9/h2-5,8-9H,6-7H2,1H3,(H,16,19)/t8-/m1/s1. The summed E-state index contributed by atoms with van der Waals surface area (Å²) in [6.45, 7) is 1.79. The van der Waals surface area contributed by atoms with Gasteiger partial charge in [0.1, 0.15) is 0 Å². The second-order valence-corrected chi connectivity index (χ2v) is 6.61. The van der Waals surface area contributed by atoms with Gasteiger partial charge in [0, 0.05) is 5.92 Å². The molecule has 1 saturated carbocycles. The third kappa shape index (κ3) is 3.57. The van der Waals surface area contributed by atoms with Gasteiger partial charge in [0.15, 0.2) is 0 Å². The molecule has 1 aromatic carbocycles. The number of benzene rings is 1. The quantitative estimate of drug-likeness (QED) is 0.849. The summed E-state index contributed by atoms with van der Waals surface area (Å²) < 4.78 is 5.54. The Morgan fingerprint density at radius 3 is 2.90 bits per heavy atom. The van der Waals surface area contributed by atoms with Crippen LogP contribution in [0.1, 0.15) is 31.6 Å². The van der Waals surface area contributed by atoms with Crippen LogP contribution in [0.2, 0.25) is 5.02 Å². The van der Waals surface area contributed by atoms with Gasteiger partial charge in [-0.3, -0.25) is 4.79 Å². The summed E-state index contributed by atoms with van der Waals surface area (Å²) in [5, 5.41) is 11.3. The Labute approximate surface area is 131 Å². The molecule has 1 amide bonds. The van der Waals surface area contributed by atoms with Gasteiger partial charge < -0.3 is 9.73 Å². The summed E-state index contributed by atoms with van der Waals surface area (Å²) in [5.74, 6) is 0.939. The molecule has 7 heteroatoms. The average Bonchev–Trinajstić information content (AvgIpc) is 3.22. The van der Waals surface area contributed by atoms with Crippen molar-refractivity contribution >= 4 is 35.0 Å². The van der Waals surface area contributed by atoms with E-state index in [2.05, 4.69) is 15.5 Å². The molecular formula is C14H14ClN3O2S. The van der Waals surface area contributed by atoms with Crippen LogP contribution in [0.15, 0.2) is 33.9 Å². The van der Waals surface area contributed by atoms with E-state index in [9.17, 15) is 4.79 Å². The molecule has 0 bridgehead atoms. The topological polar surface area (TPSA) is 68.0 Å². The van der Waals surface area contributed by atoms with Crippen LogP contribution in [0.25, 0.3) is 0 Å². The van der Waals surface area contributed by atoms with E-state index >= 15 is 0 Å². The van der Waals surface area contributed by atoms with Crippen molar-refractivity contribution in [3.63, 3.8) is 0 Å². The van der Waals surface area contributed by atoms with Gasteiger partial charge in [-0.05, 0) is 31.9 Å². The molecule has 1 aliphatic rings. The van der Waals surface area contributed by atoms with E-state index in [4.69, 9.17) is 16.0 Å². The van der Waals surface area contributed by atoms with Crippen molar-refractivity contribution < 1.29 is 9.21 Å². The fourth-order valence-corrected chi connectivity index (χ4v) is 2.64. The minimum absolute atomic E-state index is 0.153. The smallest absolute Gasteiger partial charge is 0.277 e. The second kappa shape index (κ2) is 6.07. The number of halogens is 1. The Kier molecular flexibility index (Phi) is 4.17. The Hall–Kier alpha value is -1.53. The summed E-state index contributed by atoms with van der Waals surface area (Å²) in [6.07, 6.45) is 2.21. The van der Waals surface area contributed by atoms with Gasteiger partial charge in [0.25, 0.3) is 5.22 Å². The van der Waals surface area contributed by atoms with Crippen LogP contribution < -0.4 is 5.32 Å². The molecule has 1 N–H and O–H groups in total. The van der Waals surface area contributed by atoms with E-state index in [1.54, 1.807) is 19.1 Å². The minimum atomic E-state index is -0.353. The summed E-state index contributed by atoms with van der Waals surface area (Å²) in [4.78, 5) is 12.1. The monoisotopic (exact) mass is 323 g/mol. The first-order valence-corrected chi connectivity index (χ1v) is 7.94. The van der Waals surface area contributed by atoms with Gasteiger partial charge in [-0.15, -0.1) is 10.2 Å². The van der Waals surface area contributed by atoms with Gasteiger partial charge in [-0.1, -0.05) is 35.5 Å². The van der Waals surface area contributed by atoms with Gasteiger partial charge in [-0.2, -0.15) is 0 Å². The van der Waals surface area contributed by atoms with Gasteiger partial charge in [-0.25, -0.2) is 0 Å². The number of para-hydroxylation sites is 1. The zero-order valence-electron chi connectivity index (χ0n) is 11.4. The maximum Gasteiger partial charge on any atom is 0.277 e. The number of amides is 1. The molecule has 0 unspecified atom stereocenters. The predicted octanol–water partition coefficient (Wildman–Crippen LogP) is 3.72. The number of carbonyl (C=O) groups is 1. The molecule has 1 aromatic heterocycles. The molecule has 110 valence electrons. The summed E-state index contributed by atoms with van der Waals surface area (Å²) in [5.41, 5.74) is 0.598. The third-order valence-electron chi connectivity index (χ3n) is 3.13. The first kappa shape index (κ1) is 14.4. The lowest BCUT2D eigenvalue weighted by Crippen LogP contribution is -2.22. The zero-order valence-corrected chi connectivity index (χ0v) is 12.9. The number of aromatic nitrogens is 2. The number of carbonyl (C=O) groups excluding carboxylic acids is 1. The fourth-order valence-electron chi connectivity index (χ4n) is 1.76. The molecule has 1 heterocycles. The van der Waals surface area contributed by atoms with E-state index in [1.165, 1.54) is 11.8 Å². The molecule has 0 aliphatic heterocycles. The van der Waals surface area contributed by atoms with Crippen LogP contribution in [0.5, 0.6) is 0 Å². The molecule has 0 spiro atoms. The molecule has 1 fully saturated rings. The molecule has 1 atom stereocenters. The number of nitrogens with zero attached hydrogens (tertiary/aromatic N) is 2. The molecule has 0 radical (unpaired) electrons. The number of rotatable bonds is 5. The second-order valence-electron chi connectivity index (χ2n) is 4.91. The highest BCUT2D eigenvalue weighted by Crippen LogP contribution is 2.40. The molecule has 21 heavy (non-hydrogen) atoms. The maximum atomic E-state index is 12.1. The predicted molar refractivity (Wildman–Crippen MR) is 81.7 cm³/mol. The molecule has 1 aliphatic carbocycles. The number of hydrogen-bond acceptors (Lipinski definition) is 5. The molecular weight excluding hydrogens is 310 g/mol. The normalized spacial score (nSPS) is 15.7. The molecule has 5 nitrogen and oxygen atoms in total. The largest absolute Gasteiger partial charge is 0.416 e. The first-order valence-electron chi connectivity index (χ1n) is 6.69. The first-order chi connectivity index (χ1) is 10.1. The van der Waals surface area contributed by atoms with Gasteiger partial charge >= 0.3 is 0 Å². The average molecular weight is 324 g/mol. The highest BCUT2D eigenvalue weighted by molar-refractivity contribution is 8.00. The fraction of sp³-hybridized carbons (Fsp3) is 0.357. The number of hydrogen-bond donors (Lipinski definition) is 1. The van der Waals surface area contributed by atoms with Crippen LogP contribution >= 0.6 is 23.4 Å². The number of anilines is 1. The van der Waals surface area contributed by atoms with Crippen molar-refractivity contribution in [2.24, 2.45) is 0 Å². The highest BCUT2D eigenvalue weighted by Gasteiger charge is 2.30. The summed E-state index contributed by atoms with van der Waals surface area (Å²) in [6, 6.07) is 7.12. The van der Waals surface area contributed by atoms with Crippen LogP contribution in [-0.4, -0.2) is 21.4 Å². The highest BCUT2D eigenvalue weighted by atomic mass is 35.5. The lowest BCUT2D eigenvalue weighted by molar-refractivity contribution is -0.115. The van der Waals surface area contributed by atoms with E-state index < -0.39 is 0 Å². The van der Waals surface area contributed by atoms with Crippen LogP contribution in [0.4, 0.5) is 5.69 Å². The molecule has 2 aromatic rings. The van der Waals surface area contributed by atoms with E-state index in [1.807, 2.05) is 12.1 Å². The number of thioether (sulfide) groups is 1. The minimum Gasteiger partial charge on any atom is -0.416 e. The lowest BCUT2D eigenvalue weighted by atomic mass is 10.3. The van der Waals surface area contributed by atoms with Crippen molar-refractivity contribution in [1.82, 2.24) is 10.2 Å². The van der Waals surface area contributed by atoms with Crippen molar-refractivity contribution in [1.29, 1.82) is 0 Å². The third-order valence-corrected chi connectivity index (χ3v) is 4.39. The van der Waals surface area contributed by atoms with Crippen molar-refractivity contribution in [2.75, 3.05) is 5.32 Å². The summed E-state index contributed by atoms with van der Waals surface area (Å²) in [7, 11) is 0. The van der Waals surface area contributed by atoms with Crippen LogP contribution in [0.3, 0.4) is 0 Å². The van der Waals surface area contributed by atoms with E-state index in [0.717, 1.165) is 12.8 Å². The zero-order chi connectivity index (χ0) is 14.8. The number of nitrogens with one attached hydrogen (secondary N) is 1. The summed E-state index contributed by atoms with van der Waals surface area (Å²) >= 11 is 7.26. The van der Waals surface area contributed by atoms with Crippen molar-refractivity contribution in [3.05, 3.63) is 35.2 Å². The molecule has 0 saturated heterocycles. The van der Waals surface area contributed by atoms with Gasteiger partial charge in [0.05, 0.1) is 16.0 Å². The van der Waals surface area contributed by atoms with E-state index in [0.29, 0.717) is 27.7 Å².